The Labute approximate surface area is 187 Å². The predicted molar refractivity (Wildman–Crippen MR) is 124 cm³/mol. The Morgan fingerprint density at radius 2 is 1.59 bits per heavy atom. The highest BCUT2D eigenvalue weighted by molar-refractivity contribution is 6.36. The number of methoxy groups -OCH3 is 1. The van der Waals surface area contributed by atoms with Crippen molar-refractivity contribution in [1.82, 2.24) is 4.90 Å². The maximum Gasteiger partial charge on any atom is 0.278 e. The van der Waals surface area contributed by atoms with Crippen molar-refractivity contribution in [2.75, 3.05) is 18.6 Å². The Balaban J connectivity index is 1.59. The molecule has 0 bridgehead atoms. The molecule has 0 radical (unpaired) electrons. The van der Waals surface area contributed by atoms with Gasteiger partial charge in [-0.2, -0.15) is 0 Å². The number of carbonyl (C=O) groups excluding carboxylic acids is 2. The zero-order valence-electron chi connectivity index (χ0n) is 18.2. The van der Waals surface area contributed by atoms with Gasteiger partial charge >= 0.3 is 0 Å². The number of hydrogen-bond acceptors (Lipinski definition) is 4. The van der Waals surface area contributed by atoms with E-state index in [0.29, 0.717) is 23.6 Å². The van der Waals surface area contributed by atoms with Crippen molar-refractivity contribution in [2.45, 2.75) is 19.9 Å². The number of anilines is 1. The first-order valence-corrected chi connectivity index (χ1v) is 10.7. The summed E-state index contributed by atoms with van der Waals surface area (Å²) in [5.74, 6) is 0.189. The summed E-state index contributed by atoms with van der Waals surface area (Å²) >= 11 is 0. The molecule has 3 aromatic carbocycles. The fraction of sp³-hybridized carbons (Fsp3) is 0.185. The standard InChI is InChI=1S/C27H24N2O3/c1-18-7-9-19(10-8-18)17-29-26(30)24(21-11-13-22(32-2)14-12-21)25(27(29)31)28-16-15-20-5-3-4-6-23(20)28/h3-14H,15-17H2,1-2H3. The zero-order valence-corrected chi connectivity index (χ0v) is 18.2. The van der Waals surface area contributed by atoms with Crippen LogP contribution in [0.3, 0.4) is 0 Å². The summed E-state index contributed by atoms with van der Waals surface area (Å²) in [6, 6.07) is 23.3. The lowest BCUT2D eigenvalue weighted by molar-refractivity contribution is -0.137. The molecule has 3 aromatic rings. The fourth-order valence-corrected chi connectivity index (χ4v) is 4.42. The van der Waals surface area contributed by atoms with Crippen molar-refractivity contribution in [1.29, 1.82) is 0 Å². The average molecular weight is 425 g/mol. The third-order valence-corrected chi connectivity index (χ3v) is 6.14. The summed E-state index contributed by atoms with van der Waals surface area (Å²) in [6.07, 6.45) is 0.842. The molecule has 0 aromatic heterocycles. The number of hydrogen-bond donors (Lipinski definition) is 0. The molecule has 0 unspecified atom stereocenters. The number of aryl methyl sites for hydroxylation is 1. The molecule has 0 N–H and O–H groups in total. The van der Waals surface area contributed by atoms with Crippen molar-refractivity contribution in [3.63, 3.8) is 0 Å². The van der Waals surface area contributed by atoms with Crippen LogP contribution in [0.5, 0.6) is 5.75 Å². The predicted octanol–water partition coefficient (Wildman–Crippen LogP) is 4.35. The SMILES string of the molecule is COc1ccc(C2=C(N3CCc4ccccc43)C(=O)N(Cc3ccc(C)cc3)C2=O)cc1. The van der Waals surface area contributed by atoms with Crippen LogP contribution < -0.4 is 9.64 Å². The number of carbonyl (C=O) groups is 2. The first kappa shape index (κ1) is 20.1. The molecule has 0 saturated heterocycles. The molecule has 0 spiro atoms. The van der Waals surface area contributed by atoms with Gasteiger partial charge < -0.3 is 9.64 Å². The number of para-hydroxylation sites is 1. The molecule has 0 aliphatic carbocycles. The fourth-order valence-electron chi connectivity index (χ4n) is 4.42. The lowest BCUT2D eigenvalue weighted by Gasteiger charge is -2.22. The molecule has 5 rings (SSSR count). The maximum absolute atomic E-state index is 13.7. The Kier molecular flexibility index (Phi) is 5.02. The summed E-state index contributed by atoms with van der Waals surface area (Å²) in [5.41, 5.74) is 5.86. The van der Waals surface area contributed by atoms with Crippen LogP contribution in [0.25, 0.3) is 5.57 Å². The van der Waals surface area contributed by atoms with Gasteiger partial charge in [-0.3, -0.25) is 14.5 Å². The van der Waals surface area contributed by atoms with E-state index in [0.717, 1.165) is 28.8 Å². The van der Waals surface area contributed by atoms with E-state index in [9.17, 15) is 9.59 Å². The summed E-state index contributed by atoms with van der Waals surface area (Å²) in [4.78, 5) is 30.6. The molecule has 2 aliphatic heterocycles. The molecule has 5 nitrogen and oxygen atoms in total. The van der Waals surface area contributed by atoms with Gasteiger partial charge in [0.1, 0.15) is 11.4 Å². The van der Waals surface area contributed by atoms with Gasteiger partial charge in [-0.25, -0.2) is 0 Å². The Morgan fingerprint density at radius 3 is 2.31 bits per heavy atom. The number of ether oxygens (including phenoxy) is 1. The van der Waals surface area contributed by atoms with E-state index in [-0.39, 0.29) is 18.4 Å². The van der Waals surface area contributed by atoms with Crippen molar-refractivity contribution in [3.05, 3.63) is 101 Å². The van der Waals surface area contributed by atoms with Crippen LogP contribution in [0.15, 0.2) is 78.5 Å². The lowest BCUT2D eigenvalue weighted by Crippen LogP contribution is -2.34. The molecule has 32 heavy (non-hydrogen) atoms. The molecule has 0 atom stereocenters. The van der Waals surface area contributed by atoms with E-state index in [1.54, 1.807) is 7.11 Å². The minimum Gasteiger partial charge on any atom is -0.497 e. The van der Waals surface area contributed by atoms with E-state index in [1.807, 2.05) is 78.6 Å². The van der Waals surface area contributed by atoms with Crippen LogP contribution in [0.2, 0.25) is 0 Å². The molecule has 2 amide bonds. The first-order valence-electron chi connectivity index (χ1n) is 10.7. The van der Waals surface area contributed by atoms with Gasteiger partial charge in [0.05, 0.1) is 19.2 Å². The van der Waals surface area contributed by atoms with E-state index >= 15 is 0 Å². The number of imide groups is 1. The third-order valence-electron chi connectivity index (χ3n) is 6.14. The van der Waals surface area contributed by atoms with Gasteiger partial charge in [-0.1, -0.05) is 60.2 Å². The normalized spacial score (nSPS) is 15.6. The lowest BCUT2D eigenvalue weighted by atomic mass is 10.0. The number of nitrogens with zero attached hydrogens (tertiary/aromatic N) is 2. The molecular formula is C27H24N2O3. The van der Waals surface area contributed by atoms with Crippen LogP contribution in [0.4, 0.5) is 5.69 Å². The second-order valence-corrected chi connectivity index (χ2v) is 8.16. The molecule has 2 aliphatic rings. The average Bonchev–Trinajstić information content (AvgIpc) is 3.34. The Bertz CT molecular complexity index is 1230. The largest absolute Gasteiger partial charge is 0.497 e. The molecule has 0 fully saturated rings. The molecular weight excluding hydrogens is 400 g/mol. The number of benzene rings is 3. The summed E-state index contributed by atoms with van der Waals surface area (Å²) in [5, 5.41) is 0. The van der Waals surface area contributed by atoms with E-state index in [4.69, 9.17) is 4.74 Å². The Hall–Kier alpha value is -3.86. The zero-order chi connectivity index (χ0) is 22.2. The molecule has 160 valence electrons. The minimum atomic E-state index is -0.264. The van der Waals surface area contributed by atoms with Gasteiger partial charge in [-0.15, -0.1) is 0 Å². The van der Waals surface area contributed by atoms with Gasteiger partial charge in [0, 0.05) is 12.2 Å². The van der Waals surface area contributed by atoms with Crippen molar-refractivity contribution in [3.8, 4) is 5.75 Å². The van der Waals surface area contributed by atoms with Crippen LogP contribution in [0.1, 0.15) is 22.3 Å². The monoisotopic (exact) mass is 424 g/mol. The maximum atomic E-state index is 13.7. The van der Waals surface area contributed by atoms with Gasteiger partial charge in [0.15, 0.2) is 0 Å². The van der Waals surface area contributed by atoms with E-state index in [1.165, 1.54) is 10.5 Å². The van der Waals surface area contributed by atoms with E-state index < -0.39 is 0 Å². The highest BCUT2D eigenvalue weighted by Crippen LogP contribution is 2.39. The van der Waals surface area contributed by atoms with Gasteiger partial charge in [0.25, 0.3) is 11.8 Å². The number of rotatable bonds is 5. The number of amides is 2. The van der Waals surface area contributed by atoms with Crippen molar-refractivity contribution < 1.29 is 14.3 Å². The second kappa shape index (κ2) is 8.00. The topological polar surface area (TPSA) is 49.9 Å². The van der Waals surface area contributed by atoms with E-state index in [2.05, 4.69) is 6.07 Å². The molecule has 5 heteroatoms. The third kappa shape index (κ3) is 3.36. The van der Waals surface area contributed by atoms with Crippen LogP contribution in [0, 0.1) is 6.92 Å². The van der Waals surface area contributed by atoms with Crippen molar-refractivity contribution >= 4 is 23.1 Å². The molecule has 2 heterocycles. The van der Waals surface area contributed by atoms with Gasteiger partial charge in [0.2, 0.25) is 0 Å². The number of fused-ring (bicyclic) bond motifs is 1. The minimum absolute atomic E-state index is 0.247. The van der Waals surface area contributed by atoms with Crippen molar-refractivity contribution in [2.24, 2.45) is 0 Å². The summed E-state index contributed by atoms with van der Waals surface area (Å²) in [6.45, 7) is 2.94. The molecule has 0 saturated carbocycles. The Morgan fingerprint density at radius 1 is 0.875 bits per heavy atom. The summed E-state index contributed by atoms with van der Waals surface area (Å²) in [7, 11) is 1.61. The smallest absolute Gasteiger partial charge is 0.278 e. The highest BCUT2D eigenvalue weighted by atomic mass is 16.5. The van der Waals surface area contributed by atoms with Crippen LogP contribution in [-0.4, -0.2) is 30.4 Å². The quantitative estimate of drug-likeness (QED) is 0.572. The van der Waals surface area contributed by atoms with Gasteiger partial charge in [-0.05, 0) is 48.2 Å². The van der Waals surface area contributed by atoms with Crippen LogP contribution in [-0.2, 0) is 22.6 Å². The second-order valence-electron chi connectivity index (χ2n) is 8.16. The first-order chi connectivity index (χ1) is 15.6. The highest BCUT2D eigenvalue weighted by Gasteiger charge is 2.43. The van der Waals surface area contributed by atoms with Crippen LogP contribution >= 0.6 is 0 Å². The summed E-state index contributed by atoms with van der Waals surface area (Å²) < 4.78 is 5.27.